The Balaban J connectivity index is 2.00. The Hall–Kier alpha value is -2.84. The molecule has 0 saturated carbocycles. The third-order valence-corrected chi connectivity index (χ3v) is 4.56. The SMILES string of the molecule is COCC[NH+](CC(=O)Nc1cc(F)ccc1F)CC(=O)Nc1cccc(C)c1C. The van der Waals surface area contributed by atoms with Crippen LogP contribution in [0.2, 0.25) is 0 Å². The first kappa shape index (κ1) is 22.4. The van der Waals surface area contributed by atoms with Crippen LogP contribution in [-0.2, 0) is 14.3 Å². The number of nitrogens with one attached hydrogen (secondary N) is 3. The van der Waals surface area contributed by atoms with E-state index in [-0.39, 0.29) is 24.7 Å². The number of benzene rings is 2. The van der Waals surface area contributed by atoms with E-state index >= 15 is 0 Å². The number of aryl methyl sites for hydroxylation is 1. The molecule has 1 unspecified atom stereocenters. The van der Waals surface area contributed by atoms with Gasteiger partial charge in [-0.1, -0.05) is 12.1 Å². The molecule has 156 valence electrons. The van der Waals surface area contributed by atoms with Crippen molar-refractivity contribution in [2.24, 2.45) is 0 Å². The fraction of sp³-hybridized carbons (Fsp3) is 0.333. The number of anilines is 2. The van der Waals surface area contributed by atoms with Crippen molar-refractivity contribution >= 4 is 23.2 Å². The third kappa shape index (κ3) is 6.92. The van der Waals surface area contributed by atoms with E-state index in [0.29, 0.717) is 23.7 Å². The molecule has 3 N–H and O–H groups in total. The Kier molecular flexibility index (Phi) is 8.23. The van der Waals surface area contributed by atoms with Crippen molar-refractivity contribution in [3.63, 3.8) is 0 Å². The second-order valence-corrected chi connectivity index (χ2v) is 6.81. The van der Waals surface area contributed by atoms with Gasteiger partial charge in [0.1, 0.15) is 18.2 Å². The molecule has 0 aromatic heterocycles. The lowest BCUT2D eigenvalue weighted by molar-refractivity contribution is -0.883. The minimum atomic E-state index is -0.731. The molecule has 0 radical (unpaired) electrons. The Morgan fingerprint density at radius 3 is 2.31 bits per heavy atom. The van der Waals surface area contributed by atoms with Gasteiger partial charge in [0.2, 0.25) is 0 Å². The van der Waals surface area contributed by atoms with Gasteiger partial charge in [-0.15, -0.1) is 0 Å². The van der Waals surface area contributed by atoms with Crippen molar-refractivity contribution in [2.75, 3.05) is 44.0 Å². The van der Waals surface area contributed by atoms with Gasteiger partial charge in [0.05, 0.1) is 12.3 Å². The molecular weight excluding hydrogens is 380 g/mol. The van der Waals surface area contributed by atoms with Gasteiger partial charge in [0, 0.05) is 18.9 Å². The van der Waals surface area contributed by atoms with E-state index in [1.807, 2.05) is 32.0 Å². The second kappa shape index (κ2) is 10.6. The Bertz CT molecular complexity index is 856. The Morgan fingerprint density at radius 1 is 1.00 bits per heavy atom. The number of amides is 2. The number of hydrogen-bond acceptors (Lipinski definition) is 3. The van der Waals surface area contributed by atoms with Crippen LogP contribution in [0.3, 0.4) is 0 Å². The largest absolute Gasteiger partial charge is 0.379 e. The third-order valence-electron chi connectivity index (χ3n) is 4.56. The summed E-state index contributed by atoms with van der Waals surface area (Å²) in [5.74, 6) is -2.17. The minimum absolute atomic E-state index is 0.0236. The highest BCUT2D eigenvalue weighted by atomic mass is 19.1. The number of ether oxygens (including phenoxy) is 1. The van der Waals surface area contributed by atoms with Crippen molar-refractivity contribution in [3.05, 3.63) is 59.2 Å². The Labute approximate surface area is 168 Å². The van der Waals surface area contributed by atoms with Crippen LogP contribution in [-0.4, -0.2) is 45.2 Å². The molecule has 0 heterocycles. The average molecular weight is 406 g/mol. The van der Waals surface area contributed by atoms with Gasteiger partial charge in [0.25, 0.3) is 11.8 Å². The number of halogens is 2. The van der Waals surface area contributed by atoms with Crippen LogP contribution >= 0.6 is 0 Å². The fourth-order valence-electron chi connectivity index (χ4n) is 2.81. The fourth-order valence-corrected chi connectivity index (χ4v) is 2.81. The summed E-state index contributed by atoms with van der Waals surface area (Å²) in [6.07, 6.45) is 0. The van der Waals surface area contributed by atoms with Crippen LogP contribution in [0.1, 0.15) is 11.1 Å². The summed E-state index contributed by atoms with van der Waals surface area (Å²) in [5, 5.41) is 5.21. The van der Waals surface area contributed by atoms with Crippen LogP contribution in [0.5, 0.6) is 0 Å². The molecule has 0 spiro atoms. The molecule has 2 aromatic rings. The highest BCUT2D eigenvalue weighted by Crippen LogP contribution is 2.17. The lowest BCUT2D eigenvalue weighted by Gasteiger charge is -2.19. The van der Waals surface area contributed by atoms with E-state index in [1.54, 1.807) is 0 Å². The number of hydrogen-bond donors (Lipinski definition) is 3. The molecule has 0 fully saturated rings. The van der Waals surface area contributed by atoms with Gasteiger partial charge in [-0.3, -0.25) is 9.59 Å². The van der Waals surface area contributed by atoms with Crippen molar-refractivity contribution < 1.29 is 28.0 Å². The smallest absolute Gasteiger partial charge is 0.279 e. The van der Waals surface area contributed by atoms with Crippen molar-refractivity contribution in [1.82, 2.24) is 0 Å². The summed E-state index contributed by atoms with van der Waals surface area (Å²) in [5.41, 5.74) is 2.51. The second-order valence-electron chi connectivity index (χ2n) is 6.81. The lowest BCUT2D eigenvalue weighted by atomic mass is 10.1. The van der Waals surface area contributed by atoms with Crippen LogP contribution < -0.4 is 15.5 Å². The summed E-state index contributed by atoms with van der Waals surface area (Å²) in [4.78, 5) is 25.4. The zero-order valence-corrected chi connectivity index (χ0v) is 16.8. The monoisotopic (exact) mass is 406 g/mol. The molecule has 2 aromatic carbocycles. The maximum atomic E-state index is 13.7. The molecule has 8 heteroatoms. The number of quaternary nitrogens is 1. The first-order valence-electron chi connectivity index (χ1n) is 9.23. The molecular formula is C21H26F2N3O3+. The zero-order chi connectivity index (χ0) is 21.4. The number of carbonyl (C=O) groups excluding carboxylic acids is 2. The van der Waals surface area contributed by atoms with Crippen molar-refractivity contribution in [2.45, 2.75) is 13.8 Å². The first-order valence-corrected chi connectivity index (χ1v) is 9.23. The van der Waals surface area contributed by atoms with E-state index in [2.05, 4.69) is 10.6 Å². The molecule has 29 heavy (non-hydrogen) atoms. The van der Waals surface area contributed by atoms with E-state index in [9.17, 15) is 18.4 Å². The molecule has 0 saturated heterocycles. The predicted octanol–water partition coefficient (Wildman–Crippen LogP) is 1.69. The van der Waals surface area contributed by atoms with Crippen LogP contribution in [0.15, 0.2) is 36.4 Å². The first-order chi connectivity index (χ1) is 13.8. The maximum Gasteiger partial charge on any atom is 0.279 e. The van der Waals surface area contributed by atoms with E-state index in [0.717, 1.165) is 29.3 Å². The molecule has 1 atom stereocenters. The van der Waals surface area contributed by atoms with E-state index in [1.165, 1.54) is 7.11 Å². The molecule has 6 nitrogen and oxygen atoms in total. The molecule has 0 aliphatic heterocycles. The van der Waals surface area contributed by atoms with Gasteiger partial charge in [0.15, 0.2) is 13.1 Å². The summed E-state index contributed by atoms with van der Waals surface area (Å²) >= 11 is 0. The number of rotatable bonds is 9. The van der Waals surface area contributed by atoms with Crippen LogP contribution in [0, 0.1) is 25.5 Å². The van der Waals surface area contributed by atoms with E-state index in [4.69, 9.17) is 4.74 Å². The normalized spacial score (nSPS) is 11.8. The number of methoxy groups -OCH3 is 1. The highest BCUT2D eigenvalue weighted by molar-refractivity contribution is 5.93. The maximum absolute atomic E-state index is 13.7. The summed E-state index contributed by atoms with van der Waals surface area (Å²) in [7, 11) is 1.52. The number of carbonyl (C=O) groups is 2. The predicted molar refractivity (Wildman–Crippen MR) is 107 cm³/mol. The molecule has 2 rings (SSSR count). The molecule has 0 aliphatic rings. The zero-order valence-electron chi connectivity index (χ0n) is 16.8. The summed E-state index contributed by atoms with van der Waals surface area (Å²) < 4.78 is 32.0. The quantitative estimate of drug-likeness (QED) is 0.594. The molecule has 0 aliphatic carbocycles. The van der Waals surface area contributed by atoms with Gasteiger partial charge < -0.3 is 20.3 Å². The molecule has 0 bridgehead atoms. The molecule has 2 amide bonds. The van der Waals surface area contributed by atoms with Crippen LogP contribution in [0.4, 0.5) is 20.2 Å². The minimum Gasteiger partial charge on any atom is -0.379 e. The summed E-state index contributed by atoms with van der Waals surface area (Å²) in [6.45, 7) is 4.54. The Morgan fingerprint density at radius 2 is 1.66 bits per heavy atom. The average Bonchev–Trinajstić information content (AvgIpc) is 2.66. The topological polar surface area (TPSA) is 71.9 Å². The van der Waals surface area contributed by atoms with Crippen molar-refractivity contribution in [3.8, 4) is 0 Å². The van der Waals surface area contributed by atoms with Gasteiger partial charge in [-0.05, 0) is 43.2 Å². The summed E-state index contributed by atoms with van der Waals surface area (Å²) in [6, 6.07) is 8.45. The van der Waals surface area contributed by atoms with Gasteiger partial charge in [-0.25, -0.2) is 8.78 Å². The van der Waals surface area contributed by atoms with E-state index < -0.39 is 17.5 Å². The van der Waals surface area contributed by atoms with Gasteiger partial charge >= 0.3 is 0 Å². The van der Waals surface area contributed by atoms with Gasteiger partial charge in [-0.2, -0.15) is 0 Å². The lowest BCUT2D eigenvalue weighted by Crippen LogP contribution is -3.14. The van der Waals surface area contributed by atoms with Crippen LogP contribution in [0.25, 0.3) is 0 Å². The van der Waals surface area contributed by atoms with Crippen molar-refractivity contribution in [1.29, 1.82) is 0 Å². The standard InChI is InChI=1S/C21H25F2N3O3/c1-14-5-4-6-18(15(14)2)24-20(27)12-26(9-10-29-3)13-21(28)25-19-11-16(22)7-8-17(19)23/h4-8,11H,9-10,12-13H2,1-3H3,(H,24,27)(H,25,28)/p+1. The highest BCUT2D eigenvalue weighted by Gasteiger charge is 2.20.